The highest BCUT2D eigenvalue weighted by atomic mass is 16.5. The van der Waals surface area contributed by atoms with Crippen molar-refractivity contribution in [2.24, 2.45) is 12.0 Å². The van der Waals surface area contributed by atoms with E-state index in [0.717, 1.165) is 11.4 Å². The van der Waals surface area contributed by atoms with Gasteiger partial charge < -0.3 is 4.74 Å². The zero-order chi connectivity index (χ0) is 13.3. The number of esters is 1. The summed E-state index contributed by atoms with van der Waals surface area (Å²) in [5.41, 5.74) is 1.68. The number of hydrogen-bond donors (Lipinski definition) is 0. The molecule has 0 spiro atoms. The van der Waals surface area contributed by atoms with Crippen molar-refractivity contribution < 1.29 is 9.53 Å². The number of ether oxygens (including phenoxy) is 1. The summed E-state index contributed by atoms with van der Waals surface area (Å²) in [6.45, 7) is 6.05. The molecular weight excluding hydrogens is 230 g/mol. The molecule has 0 radical (unpaired) electrons. The number of nitrogens with zero attached hydrogens (tertiary/aromatic N) is 3. The van der Waals surface area contributed by atoms with Crippen LogP contribution in [0.2, 0.25) is 0 Å². The van der Waals surface area contributed by atoms with Gasteiger partial charge in [-0.25, -0.2) is 4.79 Å². The van der Waals surface area contributed by atoms with Crippen molar-refractivity contribution in [1.29, 1.82) is 0 Å². The highest BCUT2D eigenvalue weighted by Gasteiger charge is 2.30. The van der Waals surface area contributed by atoms with E-state index in [1.807, 2.05) is 26.0 Å². The first-order chi connectivity index (χ1) is 8.46. The van der Waals surface area contributed by atoms with Gasteiger partial charge in [-0.05, 0) is 39.0 Å². The zero-order valence-corrected chi connectivity index (χ0v) is 11.1. The van der Waals surface area contributed by atoms with Crippen molar-refractivity contribution in [3.8, 4) is 0 Å². The Morgan fingerprint density at radius 2 is 2.28 bits per heavy atom. The van der Waals surface area contributed by atoms with E-state index in [9.17, 15) is 4.79 Å². The van der Waals surface area contributed by atoms with Crippen LogP contribution in [-0.4, -0.2) is 28.1 Å². The monoisotopic (exact) mass is 247 g/mol. The SMILES string of the molecule is CCOC(=O)c1cc(C2(C)C=CC(C)=N2)nn1C. The third-order valence-electron chi connectivity index (χ3n) is 2.94. The molecule has 0 amide bonds. The van der Waals surface area contributed by atoms with Crippen LogP contribution in [0.5, 0.6) is 0 Å². The molecule has 1 aromatic rings. The number of aliphatic imine (C=N–C) groups is 1. The normalized spacial score (nSPS) is 22.1. The molecule has 1 aromatic heterocycles. The lowest BCUT2D eigenvalue weighted by molar-refractivity contribution is 0.0513. The van der Waals surface area contributed by atoms with Gasteiger partial charge in [0.1, 0.15) is 11.2 Å². The average Bonchev–Trinajstić information content (AvgIpc) is 2.84. The van der Waals surface area contributed by atoms with Gasteiger partial charge in [0.25, 0.3) is 0 Å². The van der Waals surface area contributed by atoms with Gasteiger partial charge in [0, 0.05) is 12.8 Å². The summed E-state index contributed by atoms with van der Waals surface area (Å²) in [6, 6.07) is 1.74. The van der Waals surface area contributed by atoms with E-state index in [0.29, 0.717) is 12.3 Å². The van der Waals surface area contributed by atoms with Crippen LogP contribution < -0.4 is 0 Å². The lowest BCUT2D eigenvalue weighted by atomic mass is 10.00. The maximum atomic E-state index is 11.7. The number of hydrogen-bond acceptors (Lipinski definition) is 4. The van der Waals surface area contributed by atoms with Crippen LogP contribution in [-0.2, 0) is 17.3 Å². The lowest BCUT2D eigenvalue weighted by Gasteiger charge is -2.14. The summed E-state index contributed by atoms with van der Waals surface area (Å²) in [5.74, 6) is -0.356. The van der Waals surface area contributed by atoms with Crippen LogP contribution in [0.1, 0.15) is 37.0 Å². The Bertz CT molecular complexity index is 542. The Morgan fingerprint density at radius 3 is 2.83 bits per heavy atom. The minimum absolute atomic E-state index is 0.355. The molecule has 5 heteroatoms. The first kappa shape index (κ1) is 12.5. The van der Waals surface area contributed by atoms with Crippen molar-refractivity contribution in [1.82, 2.24) is 9.78 Å². The third kappa shape index (κ3) is 2.08. The summed E-state index contributed by atoms with van der Waals surface area (Å²) >= 11 is 0. The maximum absolute atomic E-state index is 11.7. The Balaban J connectivity index is 2.35. The quantitative estimate of drug-likeness (QED) is 0.766. The number of aromatic nitrogens is 2. The molecule has 1 aliphatic heterocycles. The molecule has 2 heterocycles. The lowest BCUT2D eigenvalue weighted by Crippen LogP contribution is -2.15. The van der Waals surface area contributed by atoms with Crippen molar-refractivity contribution in [3.63, 3.8) is 0 Å². The molecule has 0 fully saturated rings. The second-order valence-electron chi connectivity index (χ2n) is 4.49. The fourth-order valence-corrected chi connectivity index (χ4v) is 1.98. The van der Waals surface area contributed by atoms with Crippen molar-refractivity contribution >= 4 is 11.7 Å². The van der Waals surface area contributed by atoms with E-state index in [1.165, 1.54) is 4.68 Å². The number of aryl methyl sites for hydroxylation is 1. The summed E-state index contributed by atoms with van der Waals surface area (Å²) in [6.07, 6.45) is 3.94. The van der Waals surface area contributed by atoms with Crippen molar-refractivity contribution in [2.75, 3.05) is 6.61 Å². The molecule has 1 atom stereocenters. The first-order valence-corrected chi connectivity index (χ1v) is 5.93. The summed E-state index contributed by atoms with van der Waals surface area (Å²) in [7, 11) is 1.73. The van der Waals surface area contributed by atoms with E-state index in [4.69, 9.17) is 4.74 Å². The molecule has 0 aliphatic carbocycles. The van der Waals surface area contributed by atoms with Crippen LogP contribution in [0, 0.1) is 0 Å². The molecule has 5 nitrogen and oxygen atoms in total. The van der Waals surface area contributed by atoms with Crippen molar-refractivity contribution in [2.45, 2.75) is 26.3 Å². The van der Waals surface area contributed by atoms with E-state index >= 15 is 0 Å². The van der Waals surface area contributed by atoms with E-state index in [-0.39, 0.29) is 5.97 Å². The Kier molecular flexibility index (Phi) is 3.07. The van der Waals surface area contributed by atoms with Gasteiger partial charge in [-0.2, -0.15) is 5.10 Å². The number of allylic oxidation sites excluding steroid dienone is 1. The molecule has 0 bridgehead atoms. The predicted octanol–water partition coefficient (Wildman–Crippen LogP) is 1.84. The Hall–Kier alpha value is -1.91. The molecular formula is C13H17N3O2. The predicted molar refractivity (Wildman–Crippen MR) is 68.8 cm³/mol. The summed E-state index contributed by atoms with van der Waals surface area (Å²) in [5, 5.41) is 4.36. The third-order valence-corrected chi connectivity index (χ3v) is 2.94. The number of carbonyl (C=O) groups is 1. The van der Waals surface area contributed by atoms with Crippen molar-refractivity contribution in [3.05, 3.63) is 29.6 Å². The second kappa shape index (κ2) is 4.40. The average molecular weight is 247 g/mol. The Morgan fingerprint density at radius 1 is 1.56 bits per heavy atom. The minimum atomic E-state index is -0.480. The smallest absolute Gasteiger partial charge is 0.356 e. The van der Waals surface area contributed by atoms with Gasteiger partial charge in [-0.1, -0.05) is 0 Å². The van der Waals surface area contributed by atoms with Gasteiger partial charge in [-0.3, -0.25) is 9.67 Å². The van der Waals surface area contributed by atoms with Crippen LogP contribution in [0.4, 0.5) is 0 Å². The second-order valence-corrected chi connectivity index (χ2v) is 4.49. The first-order valence-electron chi connectivity index (χ1n) is 5.93. The van der Waals surface area contributed by atoms with Crippen LogP contribution in [0.25, 0.3) is 0 Å². The Labute approximate surface area is 106 Å². The molecule has 2 rings (SSSR count). The van der Waals surface area contributed by atoms with E-state index < -0.39 is 5.54 Å². The minimum Gasteiger partial charge on any atom is -0.461 e. The molecule has 1 unspecified atom stereocenters. The summed E-state index contributed by atoms with van der Waals surface area (Å²) in [4.78, 5) is 16.3. The van der Waals surface area contributed by atoms with Crippen LogP contribution in [0.15, 0.2) is 23.2 Å². The highest BCUT2D eigenvalue weighted by molar-refractivity contribution is 5.95. The van der Waals surface area contributed by atoms with Gasteiger partial charge in [-0.15, -0.1) is 0 Å². The topological polar surface area (TPSA) is 56.5 Å². The fraction of sp³-hybridized carbons (Fsp3) is 0.462. The maximum Gasteiger partial charge on any atom is 0.356 e. The standard InChI is InChI=1S/C13H17N3O2/c1-5-18-12(17)10-8-11(15-16(10)4)13(3)7-6-9(2)14-13/h6-8H,5H2,1-4H3. The largest absolute Gasteiger partial charge is 0.461 e. The van der Waals surface area contributed by atoms with Gasteiger partial charge in [0.05, 0.1) is 12.3 Å². The van der Waals surface area contributed by atoms with E-state index in [2.05, 4.69) is 10.1 Å². The molecule has 0 N–H and O–H groups in total. The van der Waals surface area contributed by atoms with Crippen LogP contribution in [0.3, 0.4) is 0 Å². The zero-order valence-electron chi connectivity index (χ0n) is 11.1. The summed E-state index contributed by atoms with van der Waals surface area (Å²) < 4.78 is 6.52. The number of carbonyl (C=O) groups excluding carboxylic acids is 1. The molecule has 1 aliphatic rings. The highest BCUT2D eigenvalue weighted by Crippen LogP contribution is 2.30. The molecule has 0 saturated heterocycles. The van der Waals surface area contributed by atoms with Crippen LogP contribution >= 0.6 is 0 Å². The molecule has 96 valence electrons. The fourth-order valence-electron chi connectivity index (χ4n) is 1.98. The van der Waals surface area contributed by atoms with Gasteiger partial charge >= 0.3 is 5.97 Å². The van der Waals surface area contributed by atoms with Gasteiger partial charge in [0.2, 0.25) is 0 Å². The number of rotatable bonds is 3. The molecule has 18 heavy (non-hydrogen) atoms. The van der Waals surface area contributed by atoms with Gasteiger partial charge in [0.15, 0.2) is 0 Å². The molecule has 0 saturated carbocycles. The molecule has 0 aromatic carbocycles. The van der Waals surface area contributed by atoms with E-state index in [1.54, 1.807) is 20.0 Å².